The van der Waals surface area contributed by atoms with Crippen LogP contribution in [0.4, 0.5) is 0 Å². The molecule has 1 unspecified atom stereocenters. The minimum Gasteiger partial charge on any atom is -0.464 e. The molecule has 2 heterocycles. The molecule has 0 aliphatic heterocycles. The average Bonchev–Trinajstić information content (AvgIpc) is 3.04. The van der Waals surface area contributed by atoms with Crippen molar-refractivity contribution in [2.24, 2.45) is 0 Å². The van der Waals surface area contributed by atoms with Gasteiger partial charge in [-0.25, -0.2) is 56.2 Å². The van der Waals surface area contributed by atoms with Crippen LogP contribution in [-0.4, -0.2) is 109 Å². The predicted molar refractivity (Wildman–Crippen MR) is 177 cm³/mol. The molecule has 292 valence electrons. The molecule has 22 nitrogen and oxygen atoms in total. The maximum Gasteiger partial charge on any atom is 0.336 e. The molecule has 0 saturated heterocycles. The lowest BCUT2D eigenvalue weighted by Gasteiger charge is -2.20. The van der Waals surface area contributed by atoms with Crippen molar-refractivity contribution >= 4 is 17.9 Å². The van der Waals surface area contributed by atoms with Gasteiger partial charge in [0, 0.05) is 19.6 Å². The molecule has 52 heavy (non-hydrogen) atoms. The van der Waals surface area contributed by atoms with Crippen molar-refractivity contribution in [2.75, 3.05) is 26.4 Å². The summed E-state index contributed by atoms with van der Waals surface area (Å²) < 4.78 is 18.3. The molecular formula is C30H46N6O16. The lowest BCUT2D eigenvalue weighted by molar-refractivity contribution is -0.155. The van der Waals surface area contributed by atoms with Crippen LogP contribution in [0.3, 0.4) is 0 Å². The normalized spacial score (nSPS) is 12.4. The Balaban J connectivity index is 2.32. The van der Waals surface area contributed by atoms with Gasteiger partial charge in [-0.1, -0.05) is 0 Å². The molecule has 0 amide bonds. The third-order valence-corrected chi connectivity index (χ3v) is 6.90. The summed E-state index contributed by atoms with van der Waals surface area (Å²) in [6.45, 7) is 1.62. The fraction of sp³-hybridized carbons (Fsp3) is 0.700. The van der Waals surface area contributed by atoms with E-state index in [-0.39, 0.29) is 0 Å². The van der Waals surface area contributed by atoms with Gasteiger partial charge in [-0.3, -0.25) is 14.4 Å². The highest BCUT2D eigenvalue weighted by Crippen LogP contribution is 2.08. The van der Waals surface area contributed by atoms with E-state index in [4.69, 9.17) is 19.3 Å². The van der Waals surface area contributed by atoms with E-state index in [1.165, 1.54) is 13.8 Å². The molecular weight excluding hydrogens is 700 g/mol. The Morgan fingerprint density at radius 1 is 0.596 bits per heavy atom. The SMILES string of the molecule is CC(C)(O)Cn1c(=O)n(CCO)c(=O)n(CCOC(=O)CCn2c(=O)n(CCC(=O)OCC(O)CO)c(=O)n(CCC(=O)OC(C)(C)C)c2=O)c1=O. The van der Waals surface area contributed by atoms with Crippen LogP contribution in [0.15, 0.2) is 28.8 Å². The number of carbonyl (C=O) groups is 3. The van der Waals surface area contributed by atoms with Gasteiger partial charge >= 0.3 is 52.0 Å². The van der Waals surface area contributed by atoms with Gasteiger partial charge in [-0.15, -0.1) is 0 Å². The van der Waals surface area contributed by atoms with Gasteiger partial charge in [-0.05, 0) is 34.6 Å². The Bertz CT molecular complexity index is 1950. The Hall–Kier alpha value is -4.93. The third-order valence-electron chi connectivity index (χ3n) is 6.90. The molecule has 0 saturated carbocycles. The predicted octanol–water partition coefficient (Wildman–Crippen LogP) is -4.93. The maximum atomic E-state index is 13.3. The monoisotopic (exact) mass is 746 g/mol. The smallest absolute Gasteiger partial charge is 0.336 e. The number of rotatable bonds is 19. The van der Waals surface area contributed by atoms with Crippen molar-refractivity contribution < 1.29 is 49.0 Å². The van der Waals surface area contributed by atoms with Gasteiger partial charge in [-0.2, -0.15) is 0 Å². The molecule has 0 radical (unpaired) electrons. The molecule has 1 atom stereocenters. The number of nitrogens with zero attached hydrogens (tertiary/aromatic N) is 6. The average molecular weight is 747 g/mol. The molecule has 0 spiro atoms. The maximum absolute atomic E-state index is 13.3. The van der Waals surface area contributed by atoms with Crippen molar-refractivity contribution in [1.29, 1.82) is 0 Å². The van der Waals surface area contributed by atoms with E-state index in [0.29, 0.717) is 27.4 Å². The second-order valence-corrected chi connectivity index (χ2v) is 13.2. The molecule has 2 rings (SSSR count). The standard InChI is InChI=1S/C30H46N6O16/c1-29(2,3)52-22(42)8-11-33-24(44)31(23(43)32(25(33)45)10-7-21(41)51-17-19(39)16-38)9-6-20(40)50-15-13-35-26(46)34(12-14-37)27(47)36(28(35)48)18-30(4,5)49/h19,37-39,49H,6-18H2,1-5H3. The quantitative estimate of drug-likeness (QED) is 0.0774. The van der Waals surface area contributed by atoms with Crippen LogP contribution in [0.25, 0.3) is 0 Å². The van der Waals surface area contributed by atoms with E-state index in [0.717, 1.165) is 0 Å². The first-order valence-corrected chi connectivity index (χ1v) is 16.2. The Morgan fingerprint density at radius 3 is 1.38 bits per heavy atom. The van der Waals surface area contributed by atoms with Crippen molar-refractivity contribution in [3.63, 3.8) is 0 Å². The lowest BCUT2D eigenvalue weighted by atomic mass is 10.1. The molecule has 0 bridgehead atoms. The number of aliphatic hydroxyl groups is 4. The third kappa shape index (κ3) is 12.4. The second kappa shape index (κ2) is 18.5. The summed E-state index contributed by atoms with van der Waals surface area (Å²) in [6, 6.07) is 0. The summed E-state index contributed by atoms with van der Waals surface area (Å²) in [4.78, 5) is 115. The highest BCUT2D eigenvalue weighted by atomic mass is 16.6. The summed E-state index contributed by atoms with van der Waals surface area (Å²) in [5.41, 5.74) is -9.31. The molecule has 0 aliphatic carbocycles. The zero-order valence-electron chi connectivity index (χ0n) is 29.6. The number of esters is 3. The van der Waals surface area contributed by atoms with Gasteiger partial charge < -0.3 is 34.6 Å². The van der Waals surface area contributed by atoms with E-state index in [9.17, 15) is 58.5 Å². The first-order chi connectivity index (χ1) is 24.1. The number of ether oxygens (including phenoxy) is 3. The molecule has 2 aromatic rings. The molecule has 0 aromatic carbocycles. The fourth-order valence-electron chi connectivity index (χ4n) is 4.58. The first kappa shape index (κ1) is 43.2. The topological polar surface area (TPSA) is 292 Å². The van der Waals surface area contributed by atoms with Crippen LogP contribution in [0.2, 0.25) is 0 Å². The zero-order chi connectivity index (χ0) is 39.6. The number of hydrogen-bond donors (Lipinski definition) is 4. The van der Waals surface area contributed by atoms with Crippen LogP contribution in [0.5, 0.6) is 0 Å². The van der Waals surface area contributed by atoms with Crippen molar-refractivity contribution in [1.82, 2.24) is 27.4 Å². The van der Waals surface area contributed by atoms with E-state index >= 15 is 0 Å². The summed E-state index contributed by atoms with van der Waals surface area (Å²) in [7, 11) is 0. The molecule has 22 heteroatoms. The van der Waals surface area contributed by atoms with Gasteiger partial charge in [0.05, 0.1) is 57.7 Å². The van der Waals surface area contributed by atoms with E-state index < -0.39 is 154 Å². The Labute approximate surface area is 294 Å². The van der Waals surface area contributed by atoms with E-state index in [1.807, 2.05) is 0 Å². The molecule has 4 N–H and O–H groups in total. The number of aromatic nitrogens is 6. The number of aliphatic hydroxyl groups excluding tert-OH is 3. The lowest BCUT2D eigenvalue weighted by Crippen LogP contribution is -2.56. The molecule has 0 aliphatic rings. The van der Waals surface area contributed by atoms with Crippen molar-refractivity contribution in [3.8, 4) is 0 Å². The molecule has 0 fully saturated rings. The largest absolute Gasteiger partial charge is 0.464 e. The van der Waals surface area contributed by atoms with Crippen LogP contribution >= 0.6 is 0 Å². The summed E-state index contributed by atoms with van der Waals surface area (Å²) >= 11 is 0. The van der Waals surface area contributed by atoms with Crippen LogP contribution in [-0.2, 0) is 67.9 Å². The minimum absolute atomic E-state index is 0.462. The summed E-state index contributed by atoms with van der Waals surface area (Å²) in [5, 5.41) is 37.7. The van der Waals surface area contributed by atoms with Gasteiger partial charge in [0.1, 0.15) is 24.9 Å². The fourth-order valence-corrected chi connectivity index (χ4v) is 4.58. The van der Waals surface area contributed by atoms with Crippen LogP contribution in [0, 0.1) is 0 Å². The van der Waals surface area contributed by atoms with Crippen LogP contribution < -0.4 is 34.1 Å². The van der Waals surface area contributed by atoms with Gasteiger partial charge in [0.25, 0.3) is 0 Å². The number of hydrogen-bond acceptors (Lipinski definition) is 16. The van der Waals surface area contributed by atoms with Gasteiger partial charge in [0.15, 0.2) is 0 Å². The number of carbonyl (C=O) groups excluding carboxylic acids is 3. The molecule has 2 aromatic heterocycles. The van der Waals surface area contributed by atoms with E-state index in [2.05, 4.69) is 0 Å². The Kier molecular flexibility index (Phi) is 15.4. The highest BCUT2D eigenvalue weighted by molar-refractivity contribution is 5.70. The second-order valence-electron chi connectivity index (χ2n) is 13.2. The van der Waals surface area contributed by atoms with Crippen molar-refractivity contribution in [2.45, 2.75) is 110 Å². The highest BCUT2D eigenvalue weighted by Gasteiger charge is 2.23. The minimum atomic E-state index is -1.54. The van der Waals surface area contributed by atoms with Crippen molar-refractivity contribution in [3.05, 3.63) is 62.9 Å². The zero-order valence-corrected chi connectivity index (χ0v) is 29.6. The van der Waals surface area contributed by atoms with Crippen LogP contribution in [0.1, 0.15) is 53.9 Å². The van der Waals surface area contributed by atoms with Gasteiger partial charge in [0.2, 0.25) is 0 Å². The first-order valence-electron chi connectivity index (χ1n) is 16.2. The van der Waals surface area contributed by atoms with E-state index in [1.54, 1.807) is 20.8 Å². The summed E-state index contributed by atoms with van der Waals surface area (Å²) in [5.74, 6) is -2.75. The Morgan fingerprint density at radius 2 is 0.981 bits per heavy atom. The summed E-state index contributed by atoms with van der Waals surface area (Å²) in [6.07, 6.45) is -3.06.